The van der Waals surface area contributed by atoms with E-state index in [4.69, 9.17) is 16.3 Å². The van der Waals surface area contributed by atoms with E-state index in [1.165, 1.54) is 0 Å². The third kappa shape index (κ3) is 4.06. The summed E-state index contributed by atoms with van der Waals surface area (Å²) < 4.78 is 32.3. The van der Waals surface area contributed by atoms with E-state index < -0.39 is 10.0 Å². The van der Waals surface area contributed by atoms with Crippen LogP contribution in [0.4, 0.5) is 0 Å². The molecule has 4 nitrogen and oxygen atoms in total. The molecule has 0 amide bonds. The van der Waals surface area contributed by atoms with Crippen LogP contribution >= 0.6 is 11.6 Å². The molecule has 2 rings (SSSR count). The lowest BCUT2D eigenvalue weighted by atomic mass is 10.0. The van der Waals surface area contributed by atoms with Crippen LogP contribution in [0, 0.1) is 0 Å². The molecule has 1 aliphatic heterocycles. The van der Waals surface area contributed by atoms with Gasteiger partial charge in [-0.05, 0) is 30.5 Å². The Bertz CT molecular complexity index is 556. The molecular formula is C14H18ClNO3S. The van der Waals surface area contributed by atoms with Crippen molar-refractivity contribution in [1.82, 2.24) is 4.72 Å². The zero-order chi connectivity index (χ0) is 14.6. The molecule has 1 aromatic carbocycles. The third-order valence-corrected chi connectivity index (χ3v) is 4.90. The highest BCUT2D eigenvalue weighted by Gasteiger charge is 2.32. The minimum atomic E-state index is -3.30. The van der Waals surface area contributed by atoms with Crippen LogP contribution in [0.25, 0.3) is 0 Å². The first kappa shape index (κ1) is 15.5. The Morgan fingerprint density at radius 1 is 1.40 bits per heavy atom. The Morgan fingerprint density at radius 2 is 2.10 bits per heavy atom. The van der Waals surface area contributed by atoms with Crippen molar-refractivity contribution < 1.29 is 13.2 Å². The molecule has 1 saturated heterocycles. The zero-order valence-electron chi connectivity index (χ0n) is 11.1. The van der Waals surface area contributed by atoms with Gasteiger partial charge in [-0.25, -0.2) is 13.1 Å². The number of ether oxygens (including phenoxy) is 1. The molecule has 20 heavy (non-hydrogen) atoms. The van der Waals surface area contributed by atoms with E-state index in [0.717, 1.165) is 5.56 Å². The summed E-state index contributed by atoms with van der Waals surface area (Å²) in [7, 11) is -3.30. The second-order valence-electron chi connectivity index (χ2n) is 4.75. The SMILES string of the molecule is C=CCCS(=O)(=O)N[C@H]1CCO[C@H]1c1ccc(Cl)cc1. The molecule has 0 saturated carbocycles. The molecular weight excluding hydrogens is 298 g/mol. The van der Waals surface area contributed by atoms with Crippen molar-refractivity contribution in [1.29, 1.82) is 0 Å². The predicted octanol–water partition coefficient (Wildman–Crippen LogP) is 2.67. The maximum atomic E-state index is 11.9. The van der Waals surface area contributed by atoms with Gasteiger partial charge in [-0.2, -0.15) is 0 Å². The van der Waals surface area contributed by atoms with E-state index in [0.29, 0.717) is 24.5 Å². The minimum absolute atomic E-state index is 0.0559. The van der Waals surface area contributed by atoms with Crippen LogP contribution in [0.2, 0.25) is 5.02 Å². The van der Waals surface area contributed by atoms with Crippen LogP contribution in [0.1, 0.15) is 24.5 Å². The monoisotopic (exact) mass is 315 g/mol. The molecule has 1 heterocycles. The standard InChI is InChI=1S/C14H18ClNO3S/c1-2-3-10-20(17,18)16-13-8-9-19-14(13)11-4-6-12(15)7-5-11/h2,4-7,13-14,16H,1,3,8-10H2/t13-,14-/m0/s1. The first-order valence-electron chi connectivity index (χ1n) is 6.50. The number of sulfonamides is 1. The van der Waals surface area contributed by atoms with Crippen molar-refractivity contribution in [3.63, 3.8) is 0 Å². The summed E-state index contributed by atoms with van der Waals surface area (Å²) in [6.07, 6.45) is 2.45. The van der Waals surface area contributed by atoms with Crippen molar-refractivity contribution in [2.45, 2.75) is 25.0 Å². The van der Waals surface area contributed by atoms with Gasteiger partial charge in [0.15, 0.2) is 0 Å². The summed E-state index contributed by atoms with van der Waals surface area (Å²) in [4.78, 5) is 0. The first-order chi connectivity index (χ1) is 9.52. The van der Waals surface area contributed by atoms with Crippen LogP contribution in [0.5, 0.6) is 0 Å². The van der Waals surface area contributed by atoms with E-state index in [9.17, 15) is 8.42 Å². The zero-order valence-corrected chi connectivity index (χ0v) is 12.7. The molecule has 6 heteroatoms. The average Bonchev–Trinajstić information content (AvgIpc) is 2.85. The van der Waals surface area contributed by atoms with Gasteiger partial charge in [0.05, 0.1) is 17.9 Å². The fourth-order valence-electron chi connectivity index (χ4n) is 2.22. The van der Waals surface area contributed by atoms with E-state index in [1.807, 2.05) is 12.1 Å². The summed E-state index contributed by atoms with van der Waals surface area (Å²) in [5.41, 5.74) is 0.934. The normalized spacial score (nSPS) is 22.9. The van der Waals surface area contributed by atoms with E-state index in [2.05, 4.69) is 11.3 Å². The van der Waals surface area contributed by atoms with Crippen LogP contribution in [-0.2, 0) is 14.8 Å². The summed E-state index contributed by atoms with van der Waals surface area (Å²) in [6.45, 7) is 4.08. The summed E-state index contributed by atoms with van der Waals surface area (Å²) in [6, 6.07) is 7.06. The Hall–Kier alpha value is -0.880. The van der Waals surface area contributed by atoms with Gasteiger partial charge in [-0.15, -0.1) is 6.58 Å². The Labute approximate surface area is 124 Å². The lowest BCUT2D eigenvalue weighted by Crippen LogP contribution is -2.38. The van der Waals surface area contributed by atoms with Crippen molar-refractivity contribution in [3.05, 3.63) is 47.5 Å². The highest BCUT2D eigenvalue weighted by molar-refractivity contribution is 7.89. The maximum Gasteiger partial charge on any atom is 0.212 e. The second kappa shape index (κ2) is 6.72. The second-order valence-corrected chi connectivity index (χ2v) is 7.06. The molecule has 1 N–H and O–H groups in total. The van der Waals surface area contributed by atoms with Crippen molar-refractivity contribution >= 4 is 21.6 Å². The number of halogens is 1. The fraction of sp³-hybridized carbons (Fsp3) is 0.429. The molecule has 1 fully saturated rings. The Kier molecular flexibility index (Phi) is 5.21. The number of rotatable bonds is 6. The van der Waals surface area contributed by atoms with Crippen LogP contribution in [-0.4, -0.2) is 26.8 Å². The molecule has 0 spiro atoms. The molecule has 0 bridgehead atoms. The van der Waals surface area contributed by atoms with Gasteiger partial charge in [0.2, 0.25) is 10.0 Å². The number of hydrogen-bond donors (Lipinski definition) is 1. The Morgan fingerprint density at radius 3 is 2.75 bits per heavy atom. The first-order valence-corrected chi connectivity index (χ1v) is 8.53. The van der Waals surface area contributed by atoms with Gasteiger partial charge < -0.3 is 4.74 Å². The Balaban J connectivity index is 2.07. The van der Waals surface area contributed by atoms with E-state index >= 15 is 0 Å². The molecule has 0 radical (unpaired) electrons. The summed E-state index contributed by atoms with van der Waals surface area (Å²) >= 11 is 5.86. The van der Waals surface area contributed by atoms with Gasteiger partial charge in [0, 0.05) is 11.6 Å². The van der Waals surface area contributed by atoms with Crippen LogP contribution in [0.15, 0.2) is 36.9 Å². The molecule has 1 aromatic rings. The molecule has 2 atom stereocenters. The van der Waals surface area contributed by atoms with Gasteiger partial charge >= 0.3 is 0 Å². The third-order valence-electron chi connectivity index (χ3n) is 3.21. The smallest absolute Gasteiger partial charge is 0.212 e. The van der Waals surface area contributed by atoms with E-state index in [1.54, 1.807) is 18.2 Å². The van der Waals surface area contributed by atoms with Crippen molar-refractivity contribution in [2.24, 2.45) is 0 Å². The quantitative estimate of drug-likeness (QED) is 0.821. The van der Waals surface area contributed by atoms with Crippen LogP contribution in [0.3, 0.4) is 0 Å². The van der Waals surface area contributed by atoms with Gasteiger partial charge in [0.1, 0.15) is 0 Å². The lowest BCUT2D eigenvalue weighted by molar-refractivity contribution is 0.102. The highest BCUT2D eigenvalue weighted by atomic mass is 35.5. The predicted molar refractivity (Wildman–Crippen MR) is 80.3 cm³/mol. The average molecular weight is 316 g/mol. The minimum Gasteiger partial charge on any atom is -0.372 e. The van der Waals surface area contributed by atoms with Gasteiger partial charge in [0.25, 0.3) is 0 Å². The maximum absolute atomic E-state index is 11.9. The van der Waals surface area contributed by atoms with E-state index in [-0.39, 0.29) is 17.9 Å². The summed E-state index contributed by atoms with van der Waals surface area (Å²) in [5, 5.41) is 0.648. The largest absolute Gasteiger partial charge is 0.372 e. The van der Waals surface area contributed by atoms with Gasteiger partial charge in [-0.1, -0.05) is 29.8 Å². The molecule has 0 aromatic heterocycles. The lowest BCUT2D eigenvalue weighted by Gasteiger charge is -2.20. The highest BCUT2D eigenvalue weighted by Crippen LogP contribution is 2.30. The molecule has 0 aliphatic carbocycles. The molecule has 1 aliphatic rings. The van der Waals surface area contributed by atoms with Gasteiger partial charge in [-0.3, -0.25) is 0 Å². The molecule has 0 unspecified atom stereocenters. The van der Waals surface area contributed by atoms with Crippen molar-refractivity contribution in [2.75, 3.05) is 12.4 Å². The summed E-state index contributed by atoms with van der Waals surface area (Å²) in [5.74, 6) is 0.0559. The number of allylic oxidation sites excluding steroid dienone is 1. The molecule has 110 valence electrons. The van der Waals surface area contributed by atoms with Crippen molar-refractivity contribution in [3.8, 4) is 0 Å². The topological polar surface area (TPSA) is 55.4 Å². The van der Waals surface area contributed by atoms with Crippen LogP contribution < -0.4 is 4.72 Å². The number of benzene rings is 1. The number of hydrogen-bond acceptors (Lipinski definition) is 3. The number of nitrogens with one attached hydrogen (secondary N) is 1. The fourth-order valence-corrected chi connectivity index (χ4v) is 3.64.